The van der Waals surface area contributed by atoms with E-state index in [2.05, 4.69) is 17.9 Å². The fourth-order valence-corrected chi connectivity index (χ4v) is 1.17. The maximum absolute atomic E-state index is 5.45. The van der Waals surface area contributed by atoms with Gasteiger partial charge in [-0.1, -0.05) is 23.5 Å². The van der Waals surface area contributed by atoms with E-state index in [9.17, 15) is 0 Å². The summed E-state index contributed by atoms with van der Waals surface area (Å²) in [5.41, 5.74) is 2.26. The molecule has 0 aromatic heterocycles. The second-order valence-corrected chi connectivity index (χ2v) is 3.95. The highest BCUT2D eigenvalue weighted by atomic mass is 16.7. The fourth-order valence-electron chi connectivity index (χ4n) is 1.17. The highest BCUT2D eigenvalue weighted by Crippen LogP contribution is 2.04. The molecule has 0 aromatic carbocycles. The molecule has 0 bridgehead atoms. The molecule has 0 saturated heterocycles. The first-order chi connectivity index (χ1) is 8.10. The van der Waals surface area contributed by atoms with Crippen LogP contribution in [0.5, 0.6) is 0 Å². The van der Waals surface area contributed by atoms with E-state index in [4.69, 9.17) is 9.47 Å². The molecule has 0 aliphatic heterocycles. The van der Waals surface area contributed by atoms with Crippen molar-refractivity contribution in [1.29, 1.82) is 0 Å². The van der Waals surface area contributed by atoms with Crippen molar-refractivity contribution in [2.24, 2.45) is 0 Å². The van der Waals surface area contributed by atoms with Gasteiger partial charge in [-0.3, -0.25) is 0 Å². The lowest BCUT2D eigenvalue weighted by Crippen LogP contribution is -2.16. The molecule has 0 aliphatic carbocycles. The van der Waals surface area contributed by atoms with E-state index in [1.165, 1.54) is 5.57 Å². The van der Waals surface area contributed by atoms with Crippen molar-refractivity contribution in [3.8, 4) is 11.8 Å². The molecule has 96 valence electrons. The summed E-state index contributed by atoms with van der Waals surface area (Å²) < 4.78 is 10.9. The highest BCUT2D eigenvalue weighted by Gasteiger charge is 2.04. The van der Waals surface area contributed by atoms with E-state index in [1.807, 2.05) is 40.7 Å². The third kappa shape index (κ3) is 9.86. The van der Waals surface area contributed by atoms with Crippen molar-refractivity contribution in [3.63, 3.8) is 0 Å². The van der Waals surface area contributed by atoms with Gasteiger partial charge in [0, 0.05) is 19.6 Å². The molecule has 2 heteroatoms. The van der Waals surface area contributed by atoms with Crippen LogP contribution in [0.15, 0.2) is 23.3 Å². The Bertz CT molecular complexity index is 306. The summed E-state index contributed by atoms with van der Waals surface area (Å²) in [6, 6.07) is 0. The van der Waals surface area contributed by atoms with Crippen LogP contribution in [-0.4, -0.2) is 19.5 Å². The zero-order valence-electron chi connectivity index (χ0n) is 11.7. The van der Waals surface area contributed by atoms with Gasteiger partial charge in [0.2, 0.25) is 0 Å². The lowest BCUT2D eigenvalue weighted by molar-refractivity contribution is -0.133. The average Bonchev–Trinajstić information content (AvgIpc) is 2.26. The van der Waals surface area contributed by atoms with Gasteiger partial charge in [-0.05, 0) is 46.3 Å². The van der Waals surface area contributed by atoms with Gasteiger partial charge in [0.25, 0.3) is 0 Å². The largest absolute Gasteiger partial charge is 0.353 e. The first kappa shape index (κ1) is 16.0. The Balaban J connectivity index is 4.26. The molecular formula is C15H24O2. The monoisotopic (exact) mass is 236 g/mol. The highest BCUT2D eigenvalue weighted by molar-refractivity contribution is 5.32. The molecule has 0 saturated carbocycles. The number of allylic oxidation sites excluding steroid dienone is 3. The van der Waals surface area contributed by atoms with Gasteiger partial charge in [0.1, 0.15) is 0 Å². The fraction of sp³-hybridized carbons (Fsp3) is 0.600. The number of hydrogen-bond donors (Lipinski definition) is 0. The Kier molecular flexibility index (Phi) is 9.52. The Morgan fingerprint density at radius 1 is 1.12 bits per heavy atom. The van der Waals surface area contributed by atoms with E-state index >= 15 is 0 Å². The Hall–Kier alpha value is -1.04. The number of ether oxygens (including phenoxy) is 2. The molecule has 0 rings (SSSR count). The van der Waals surface area contributed by atoms with Gasteiger partial charge in [-0.2, -0.15) is 0 Å². The van der Waals surface area contributed by atoms with Gasteiger partial charge in [0.05, 0.1) is 0 Å². The van der Waals surface area contributed by atoms with Crippen molar-refractivity contribution in [2.45, 2.75) is 47.3 Å². The van der Waals surface area contributed by atoms with Crippen LogP contribution >= 0.6 is 0 Å². The van der Waals surface area contributed by atoms with Gasteiger partial charge in [-0.15, -0.1) is 0 Å². The smallest absolute Gasteiger partial charge is 0.160 e. The number of rotatable bonds is 6. The topological polar surface area (TPSA) is 18.5 Å². The van der Waals surface area contributed by atoms with Crippen LogP contribution in [-0.2, 0) is 9.47 Å². The van der Waals surface area contributed by atoms with Crippen molar-refractivity contribution in [2.75, 3.05) is 13.2 Å². The molecule has 17 heavy (non-hydrogen) atoms. The van der Waals surface area contributed by atoms with Crippen molar-refractivity contribution < 1.29 is 9.47 Å². The Labute approximate surface area is 106 Å². The van der Waals surface area contributed by atoms with Crippen LogP contribution in [0, 0.1) is 11.8 Å². The minimum Gasteiger partial charge on any atom is -0.353 e. The molecule has 0 radical (unpaired) electrons. The van der Waals surface area contributed by atoms with Crippen LogP contribution < -0.4 is 0 Å². The molecule has 0 heterocycles. The predicted molar refractivity (Wildman–Crippen MR) is 72.6 cm³/mol. The number of hydrogen-bond acceptors (Lipinski definition) is 2. The van der Waals surface area contributed by atoms with Crippen LogP contribution in [0.25, 0.3) is 0 Å². The summed E-state index contributed by atoms with van der Waals surface area (Å²) in [6.07, 6.45) is 4.57. The zero-order valence-corrected chi connectivity index (χ0v) is 11.7. The SMILES string of the molecule is CCOC(C/C=C(\C)C#CC=C(C)C)OCC. The maximum atomic E-state index is 5.45. The van der Waals surface area contributed by atoms with Crippen molar-refractivity contribution in [3.05, 3.63) is 23.3 Å². The molecule has 0 aromatic rings. The first-order valence-corrected chi connectivity index (χ1v) is 6.15. The van der Waals surface area contributed by atoms with Crippen LogP contribution in [0.2, 0.25) is 0 Å². The van der Waals surface area contributed by atoms with Crippen molar-refractivity contribution >= 4 is 0 Å². The minimum absolute atomic E-state index is 0.148. The van der Waals surface area contributed by atoms with Crippen LogP contribution in [0.1, 0.15) is 41.0 Å². The summed E-state index contributed by atoms with van der Waals surface area (Å²) in [4.78, 5) is 0. The molecule has 0 N–H and O–H groups in total. The molecule has 0 amide bonds. The van der Waals surface area contributed by atoms with Crippen molar-refractivity contribution in [1.82, 2.24) is 0 Å². The van der Waals surface area contributed by atoms with Gasteiger partial charge >= 0.3 is 0 Å². The normalized spacial score (nSPS) is 11.1. The van der Waals surface area contributed by atoms with E-state index in [1.54, 1.807) is 0 Å². The minimum atomic E-state index is -0.148. The van der Waals surface area contributed by atoms with Crippen LogP contribution in [0.4, 0.5) is 0 Å². The Morgan fingerprint density at radius 2 is 1.71 bits per heavy atom. The molecule has 0 atom stereocenters. The summed E-state index contributed by atoms with van der Waals surface area (Å²) in [6.45, 7) is 11.3. The van der Waals surface area contributed by atoms with E-state index in [-0.39, 0.29) is 6.29 Å². The summed E-state index contributed by atoms with van der Waals surface area (Å²) in [5.74, 6) is 6.09. The Morgan fingerprint density at radius 3 is 2.18 bits per heavy atom. The lowest BCUT2D eigenvalue weighted by Gasteiger charge is -2.14. The second kappa shape index (κ2) is 10.1. The zero-order chi connectivity index (χ0) is 13.1. The summed E-state index contributed by atoms with van der Waals surface area (Å²) in [7, 11) is 0. The molecule has 2 nitrogen and oxygen atoms in total. The van der Waals surface area contributed by atoms with E-state index in [0.29, 0.717) is 13.2 Å². The second-order valence-electron chi connectivity index (χ2n) is 3.95. The average molecular weight is 236 g/mol. The lowest BCUT2D eigenvalue weighted by atomic mass is 10.2. The van der Waals surface area contributed by atoms with E-state index in [0.717, 1.165) is 12.0 Å². The standard InChI is InChI=1S/C15H24O2/c1-6-16-15(17-7-2)12-11-14(5)10-8-9-13(3)4/h9,11,15H,6-7,12H2,1-5H3/b14-11+. The maximum Gasteiger partial charge on any atom is 0.160 e. The molecular weight excluding hydrogens is 212 g/mol. The van der Waals surface area contributed by atoms with Crippen LogP contribution in [0.3, 0.4) is 0 Å². The molecule has 0 fully saturated rings. The summed E-state index contributed by atoms with van der Waals surface area (Å²) >= 11 is 0. The van der Waals surface area contributed by atoms with Gasteiger partial charge in [-0.25, -0.2) is 0 Å². The molecule has 0 aliphatic rings. The summed E-state index contributed by atoms with van der Waals surface area (Å²) in [5, 5.41) is 0. The van der Waals surface area contributed by atoms with Gasteiger partial charge in [0.15, 0.2) is 6.29 Å². The predicted octanol–water partition coefficient (Wildman–Crippen LogP) is 3.69. The van der Waals surface area contributed by atoms with E-state index < -0.39 is 0 Å². The molecule has 0 spiro atoms. The molecule has 0 unspecified atom stereocenters. The first-order valence-electron chi connectivity index (χ1n) is 6.15. The third-order valence-electron chi connectivity index (χ3n) is 1.95. The van der Waals surface area contributed by atoms with Gasteiger partial charge < -0.3 is 9.47 Å². The third-order valence-corrected chi connectivity index (χ3v) is 1.95. The quantitative estimate of drug-likeness (QED) is 0.517.